The number of amides is 1. The number of nitrogens with zero attached hydrogens (tertiary/aromatic N) is 2. The van der Waals surface area contributed by atoms with Crippen LogP contribution in [0.5, 0.6) is 0 Å². The fourth-order valence-electron chi connectivity index (χ4n) is 3.08. The molecule has 1 aliphatic rings. The maximum absolute atomic E-state index is 12.3. The lowest BCUT2D eigenvalue weighted by Gasteiger charge is -2.42. The Morgan fingerprint density at radius 1 is 1.44 bits per heavy atom. The van der Waals surface area contributed by atoms with Crippen molar-refractivity contribution in [3.05, 3.63) is 29.7 Å². The average Bonchev–Trinajstić information content (AvgIpc) is 3.16. The van der Waals surface area contributed by atoms with Gasteiger partial charge >= 0.3 is 5.97 Å². The highest BCUT2D eigenvalue weighted by atomic mass is 16.4. The first-order chi connectivity index (χ1) is 12.0. The molecule has 2 aromatic rings. The number of aromatic nitrogens is 2. The third kappa shape index (κ3) is 3.90. The van der Waals surface area contributed by atoms with E-state index in [-0.39, 0.29) is 24.5 Å². The second kappa shape index (κ2) is 7.10. The van der Waals surface area contributed by atoms with Crippen LogP contribution < -0.4 is 5.32 Å². The summed E-state index contributed by atoms with van der Waals surface area (Å²) in [6, 6.07) is 5.58. The van der Waals surface area contributed by atoms with E-state index >= 15 is 0 Å². The van der Waals surface area contributed by atoms with Gasteiger partial charge in [0.2, 0.25) is 0 Å². The number of carboxylic acid groups (broad SMARTS) is 1. The molecular weight excluding hydrogens is 324 g/mol. The monoisotopic (exact) mass is 346 g/mol. The van der Waals surface area contributed by atoms with Gasteiger partial charge in [-0.25, -0.2) is 0 Å². The van der Waals surface area contributed by atoms with Crippen LogP contribution in [-0.4, -0.2) is 57.3 Å². The van der Waals surface area contributed by atoms with Gasteiger partial charge in [-0.15, -0.1) is 0 Å². The summed E-state index contributed by atoms with van der Waals surface area (Å²) in [6.07, 6.45) is 1.50. The highest BCUT2D eigenvalue weighted by Crippen LogP contribution is 2.26. The van der Waals surface area contributed by atoms with Gasteiger partial charge in [-0.3, -0.25) is 19.6 Å². The van der Waals surface area contributed by atoms with Gasteiger partial charge in [-0.05, 0) is 38.4 Å². The second-order valence-corrected chi connectivity index (χ2v) is 6.33. The first-order valence-corrected chi connectivity index (χ1v) is 8.35. The molecule has 0 aromatic carbocycles. The molecule has 0 radical (unpaired) electrons. The van der Waals surface area contributed by atoms with Crippen LogP contribution >= 0.6 is 0 Å². The highest BCUT2D eigenvalue weighted by molar-refractivity contribution is 5.93. The summed E-state index contributed by atoms with van der Waals surface area (Å²) < 4.78 is 5.50. The summed E-state index contributed by atoms with van der Waals surface area (Å²) in [5.74, 6) is 0.361. The van der Waals surface area contributed by atoms with E-state index in [1.165, 1.54) is 0 Å². The first-order valence-electron chi connectivity index (χ1n) is 8.35. The lowest BCUT2D eigenvalue weighted by Crippen LogP contribution is -2.54. The molecule has 1 saturated carbocycles. The van der Waals surface area contributed by atoms with Crippen LogP contribution in [-0.2, 0) is 4.79 Å². The molecule has 8 nitrogen and oxygen atoms in total. The molecule has 134 valence electrons. The fourth-order valence-corrected chi connectivity index (χ4v) is 3.08. The summed E-state index contributed by atoms with van der Waals surface area (Å²) in [5.41, 5.74) is 0.966. The van der Waals surface area contributed by atoms with Crippen molar-refractivity contribution in [3.63, 3.8) is 0 Å². The predicted octanol–water partition coefficient (Wildman–Crippen LogP) is 1.65. The summed E-state index contributed by atoms with van der Waals surface area (Å²) in [5, 5.41) is 18.7. The maximum atomic E-state index is 12.3. The highest BCUT2D eigenvalue weighted by Gasteiger charge is 2.35. The lowest BCUT2D eigenvalue weighted by atomic mass is 9.85. The Balaban J connectivity index is 1.52. The Bertz CT molecular complexity index is 760. The molecule has 1 fully saturated rings. The summed E-state index contributed by atoms with van der Waals surface area (Å²) in [4.78, 5) is 25.1. The van der Waals surface area contributed by atoms with Gasteiger partial charge in [-0.2, -0.15) is 5.10 Å². The topological polar surface area (TPSA) is 111 Å². The number of nitrogens with one attached hydrogen (secondary N) is 2. The number of carboxylic acids is 1. The SMILES string of the molecule is CCN(CC(=O)O)C1CC(NC(=O)c2cc(-c3ccc(C)o3)[nH]n2)C1. The number of hydrogen-bond acceptors (Lipinski definition) is 5. The fraction of sp³-hybridized carbons (Fsp3) is 0.471. The van der Waals surface area contributed by atoms with Crippen molar-refractivity contribution in [2.24, 2.45) is 0 Å². The number of carbonyl (C=O) groups excluding carboxylic acids is 1. The molecule has 0 aliphatic heterocycles. The van der Waals surface area contributed by atoms with Crippen LogP contribution in [0.3, 0.4) is 0 Å². The smallest absolute Gasteiger partial charge is 0.317 e. The van der Waals surface area contributed by atoms with Crippen LogP contribution in [0.2, 0.25) is 0 Å². The van der Waals surface area contributed by atoms with Crippen LogP contribution in [0.4, 0.5) is 0 Å². The zero-order chi connectivity index (χ0) is 18.0. The van der Waals surface area contributed by atoms with E-state index in [9.17, 15) is 9.59 Å². The maximum Gasteiger partial charge on any atom is 0.317 e. The zero-order valence-electron chi connectivity index (χ0n) is 14.3. The molecule has 25 heavy (non-hydrogen) atoms. The van der Waals surface area contributed by atoms with Gasteiger partial charge < -0.3 is 14.8 Å². The summed E-state index contributed by atoms with van der Waals surface area (Å²) >= 11 is 0. The van der Waals surface area contributed by atoms with Gasteiger partial charge in [0.1, 0.15) is 11.5 Å². The number of aromatic amines is 1. The number of H-pyrrole nitrogens is 1. The second-order valence-electron chi connectivity index (χ2n) is 6.33. The molecule has 0 unspecified atom stereocenters. The van der Waals surface area contributed by atoms with E-state index in [0.29, 0.717) is 23.7 Å². The number of aryl methyl sites for hydroxylation is 1. The van der Waals surface area contributed by atoms with Gasteiger partial charge in [0.15, 0.2) is 11.5 Å². The Kier molecular flexibility index (Phi) is 4.89. The van der Waals surface area contributed by atoms with Gasteiger partial charge in [0.05, 0.1) is 6.54 Å². The molecule has 0 spiro atoms. The van der Waals surface area contributed by atoms with Gasteiger partial charge in [-0.1, -0.05) is 6.92 Å². The van der Waals surface area contributed by atoms with Crippen LogP contribution in [0.25, 0.3) is 11.5 Å². The number of furan rings is 1. The molecular formula is C17H22N4O4. The molecule has 0 bridgehead atoms. The van der Waals surface area contributed by atoms with Gasteiger partial charge in [0.25, 0.3) is 5.91 Å². The van der Waals surface area contributed by atoms with E-state index in [4.69, 9.17) is 9.52 Å². The molecule has 0 atom stereocenters. The third-order valence-corrected chi connectivity index (χ3v) is 4.53. The van der Waals surface area contributed by atoms with E-state index in [1.54, 1.807) is 6.07 Å². The van der Waals surface area contributed by atoms with Crippen molar-refractivity contribution >= 4 is 11.9 Å². The number of carbonyl (C=O) groups is 2. The number of aliphatic carboxylic acids is 1. The van der Waals surface area contributed by atoms with E-state index in [2.05, 4.69) is 15.5 Å². The summed E-state index contributed by atoms with van der Waals surface area (Å²) in [6.45, 7) is 4.51. The Labute approximate surface area is 145 Å². The molecule has 3 rings (SSSR count). The number of hydrogen-bond donors (Lipinski definition) is 3. The van der Waals surface area contributed by atoms with Crippen molar-refractivity contribution in [1.82, 2.24) is 20.4 Å². The number of likely N-dealkylation sites (N-methyl/N-ethyl adjacent to an activating group) is 1. The molecule has 2 aromatic heterocycles. The predicted molar refractivity (Wildman–Crippen MR) is 90.2 cm³/mol. The quantitative estimate of drug-likeness (QED) is 0.703. The normalized spacial score (nSPS) is 19.6. The molecule has 8 heteroatoms. The standard InChI is InChI=1S/C17H22N4O4/c1-3-21(9-16(22)23)12-6-11(7-12)18-17(24)14-8-13(19-20-14)15-5-4-10(2)25-15/h4-5,8,11-12H,3,6-7,9H2,1-2H3,(H,18,24)(H,19,20)(H,22,23). The third-order valence-electron chi connectivity index (χ3n) is 4.53. The van der Waals surface area contributed by atoms with Crippen molar-refractivity contribution in [2.45, 2.75) is 38.8 Å². The number of rotatable bonds is 7. The van der Waals surface area contributed by atoms with Crippen LogP contribution in [0.1, 0.15) is 36.0 Å². The molecule has 3 N–H and O–H groups in total. The van der Waals surface area contributed by atoms with Crippen LogP contribution in [0, 0.1) is 6.92 Å². The Morgan fingerprint density at radius 2 is 2.20 bits per heavy atom. The van der Waals surface area contributed by atoms with Gasteiger partial charge in [0, 0.05) is 18.2 Å². The molecule has 0 saturated heterocycles. The van der Waals surface area contributed by atoms with E-state index < -0.39 is 5.97 Å². The molecule has 2 heterocycles. The van der Waals surface area contributed by atoms with Crippen molar-refractivity contribution in [2.75, 3.05) is 13.1 Å². The van der Waals surface area contributed by atoms with Crippen molar-refractivity contribution in [1.29, 1.82) is 0 Å². The Morgan fingerprint density at radius 3 is 2.80 bits per heavy atom. The zero-order valence-corrected chi connectivity index (χ0v) is 14.3. The minimum Gasteiger partial charge on any atom is -0.480 e. The van der Waals surface area contributed by atoms with E-state index in [0.717, 1.165) is 18.6 Å². The molecule has 1 amide bonds. The minimum absolute atomic E-state index is 0.0348. The van der Waals surface area contributed by atoms with Crippen molar-refractivity contribution in [3.8, 4) is 11.5 Å². The first kappa shape index (κ1) is 17.2. The summed E-state index contributed by atoms with van der Waals surface area (Å²) in [7, 11) is 0. The van der Waals surface area contributed by atoms with E-state index in [1.807, 2.05) is 30.9 Å². The van der Waals surface area contributed by atoms with Crippen LogP contribution in [0.15, 0.2) is 22.6 Å². The van der Waals surface area contributed by atoms with Crippen molar-refractivity contribution < 1.29 is 19.1 Å². The Hall–Kier alpha value is -2.61. The lowest BCUT2D eigenvalue weighted by molar-refractivity contribution is -0.139. The molecule has 1 aliphatic carbocycles. The largest absolute Gasteiger partial charge is 0.480 e. The average molecular weight is 346 g/mol. The minimum atomic E-state index is -0.827.